The van der Waals surface area contributed by atoms with Gasteiger partial charge >= 0.3 is 6.03 Å². The number of hydrogen-bond donors (Lipinski definition) is 3. The number of thiazole rings is 2. The number of nitrogens with zero attached hydrogens (tertiary/aromatic N) is 3. The topological polar surface area (TPSA) is 99.2 Å². The summed E-state index contributed by atoms with van der Waals surface area (Å²) in [6.07, 6.45) is 5.23. The molecule has 3 amide bonds. The van der Waals surface area contributed by atoms with Gasteiger partial charge in [-0.15, -0.1) is 11.3 Å². The van der Waals surface area contributed by atoms with Crippen LogP contribution in [0, 0.1) is 0 Å². The van der Waals surface area contributed by atoms with Gasteiger partial charge in [-0.25, -0.2) is 14.8 Å². The fourth-order valence-electron chi connectivity index (χ4n) is 4.11. The molecule has 0 unspecified atom stereocenters. The molecule has 5 rings (SSSR count). The van der Waals surface area contributed by atoms with Crippen LogP contribution in [-0.4, -0.2) is 45.9 Å². The normalized spacial score (nSPS) is 16.9. The van der Waals surface area contributed by atoms with Gasteiger partial charge in [-0.3, -0.25) is 15.0 Å². The van der Waals surface area contributed by atoms with Crippen LogP contribution in [0.25, 0.3) is 10.2 Å². The Balaban J connectivity index is 1.15. The van der Waals surface area contributed by atoms with Crippen LogP contribution in [0.2, 0.25) is 0 Å². The highest BCUT2D eigenvalue weighted by Crippen LogP contribution is 2.29. The van der Waals surface area contributed by atoms with Crippen LogP contribution < -0.4 is 16.0 Å². The molecule has 2 aromatic heterocycles. The van der Waals surface area contributed by atoms with Gasteiger partial charge in [-0.1, -0.05) is 36.3 Å². The van der Waals surface area contributed by atoms with Crippen molar-refractivity contribution in [3.05, 3.63) is 34.8 Å². The van der Waals surface area contributed by atoms with Gasteiger partial charge in [-0.05, 0) is 25.0 Å². The van der Waals surface area contributed by atoms with Crippen molar-refractivity contribution in [1.29, 1.82) is 0 Å². The van der Waals surface area contributed by atoms with Crippen LogP contribution in [0.4, 0.5) is 15.1 Å². The number of benzene rings is 1. The molecule has 31 heavy (non-hydrogen) atoms. The van der Waals surface area contributed by atoms with E-state index in [9.17, 15) is 9.59 Å². The largest absolute Gasteiger partial charge is 0.335 e. The Hall–Kier alpha value is -2.56. The Labute approximate surface area is 188 Å². The van der Waals surface area contributed by atoms with Crippen molar-refractivity contribution in [3.63, 3.8) is 0 Å². The number of para-hydroxylation sites is 1. The van der Waals surface area contributed by atoms with E-state index in [4.69, 9.17) is 0 Å². The molecule has 3 heterocycles. The van der Waals surface area contributed by atoms with Crippen molar-refractivity contribution in [3.8, 4) is 0 Å². The minimum atomic E-state index is -0.176. The Morgan fingerprint density at radius 3 is 2.71 bits per heavy atom. The molecular weight excluding hydrogens is 432 g/mol. The van der Waals surface area contributed by atoms with Gasteiger partial charge in [0.05, 0.1) is 22.5 Å². The predicted molar refractivity (Wildman–Crippen MR) is 124 cm³/mol. The predicted octanol–water partition coefficient (Wildman–Crippen LogP) is 3.81. The standard InChI is InChI=1S/C21H24N6O2S2/c28-18(25-20-23-14-7-3-4-8-16(14)30-20)12-27-10-9-15-17(11-27)31-21(24-15)26-19(29)22-13-5-1-2-6-13/h3-4,7-8,13H,1-2,5-6,9-12H2,(H,23,25,28)(H2,22,24,26,29). The van der Waals surface area contributed by atoms with Crippen molar-refractivity contribution in [2.75, 3.05) is 23.7 Å². The van der Waals surface area contributed by atoms with Gasteiger partial charge in [0.25, 0.3) is 0 Å². The van der Waals surface area contributed by atoms with Crippen LogP contribution in [-0.2, 0) is 17.8 Å². The quantitative estimate of drug-likeness (QED) is 0.542. The van der Waals surface area contributed by atoms with Gasteiger partial charge in [0.1, 0.15) is 0 Å². The minimum Gasteiger partial charge on any atom is -0.335 e. The maximum absolute atomic E-state index is 12.5. The van der Waals surface area contributed by atoms with E-state index in [-0.39, 0.29) is 18.0 Å². The van der Waals surface area contributed by atoms with Gasteiger partial charge in [0.2, 0.25) is 5.91 Å². The molecule has 1 aromatic carbocycles. The number of rotatable bonds is 5. The summed E-state index contributed by atoms with van der Waals surface area (Å²) in [6, 6.07) is 7.95. The van der Waals surface area contributed by atoms with Gasteiger partial charge in [0, 0.05) is 30.4 Å². The molecule has 0 atom stereocenters. The number of anilines is 2. The number of carbonyl (C=O) groups excluding carboxylic acids is 2. The lowest BCUT2D eigenvalue weighted by molar-refractivity contribution is -0.117. The Morgan fingerprint density at radius 2 is 1.87 bits per heavy atom. The number of urea groups is 1. The summed E-state index contributed by atoms with van der Waals surface area (Å²) in [5.74, 6) is -0.0682. The van der Waals surface area contributed by atoms with Crippen molar-refractivity contribution >= 4 is 55.1 Å². The third kappa shape index (κ3) is 4.86. The molecule has 162 valence electrons. The zero-order chi connectivity index (χ0) is 21.2. The van der Waals surface area contributed by atoms with E-state index in [1.54, 1.807) is 0 Å². The first-order valence-corrected chi connectivity index (χ1v) is 12.2. The zero-order valence-corrected chi connectivity index (χ0v) is 18.7. The molecule has 1 saturated carbocycles. The van der Waals surface area contributed by atoms with Crippen molar-refractivity contribution in [1.82, 2.24) is 20.2 Å². The van der Waals surface area contributed by atoms with Crippen molar-refractivity contribution in [2.45, 2.75) is 44.7 Å². The Morgan fingerprint density at radius 1 is 1.06 bits per heavy atom. The molecule has 0 bridgehead atoms. The number of fused-ring (bicyclic) bond motifs is 2. The number of nitrogens with one attached hydrogen (secondary N) is 3. The molecular formula is C21H24N6O2S2. The molecule has 3 aromatic rings. The lowest BCUT2D eigenvalue weighted by atomic mass is 10.2. The lowest BCUT2D eigenvalue weighted by Gasteiger charge is -2.24. The third-order valence-corrected chi connectivity index (χ3v) is 7.58. The Kier molecular flexibility index (Phi) is 5.84. The SMILES string of the molecule is O=C(CN1CCc2nc(NC(=O)NC3CCCC3)sc2C1)Nc1nc2ccccc2s1. The third-order valence-electron chi connectivity index (χ3n) is 5.63. The number of amides is 3. The first kappa shape index (κ1) is 20.3. The Bertz CT molecular complexity index is 1070. The van der Waals surface area contributed by atoms with E-state index >= 15 is 0 Å². The zero-order valence-electron chi connectivity index (χ0n) is 17.0. The smallest absolute Gasteiger partial charge is 0.321 e. The highest BCUT2D eigenvalue weighted by Gasteiger charge is 2.24. The molecule has 8 nitrogen and oxygen atoms in total. The van der Waals surface area contributed by atoms with Gasteiger partial charge < -0.3 is 10.6 Å². The van der Waals surface area contributed by atoms with E-state index in [1.165, 1.54) is 35.5 Å². The van der Waals surface area contributed by atoms with E-state index in [1.807, 2.05) is 24.3 Å². The second-order valence-electron chi connectivity index (χ2n) is 7.96. The molecule has 0 radical (unpaired) electrons. The molecule has 3 N–H and O–H groups in total. The molecule has 10 heteroatoms. The second-order valence-corrected chi connectivity index (χ2v) is 10.1. The summed E-state index contributed by atoms with van der Waals surface area (Å²) in [5, 5.41) is 10.1. The van der Waals surface area contributed by atoms with Crippen LogP contribution in [0.5, 0.6) is 0 Å². The summed E-state index contributed by atoms with van der Waals surface area (Å²) in [4.78, 5) is 37.0. The van der Waals surface area contributed by atoms with E-state index in [0.717, 1.165) is 46.6 Å². The first-order chi connectivity index (χ1) is 15.1. The van der Waals surface area contributed by atoms with Gasteiger partial charge in [0.15, 0.2) is 10.3 Å². The molecule has 0 saturated heterocycles. The first-order valence-electron chi connectivity index (χ1n) is 10.6. The second kappa shape index (κ2) is 8.89. The van der Waals surface area contributed by atoms with E-state index < -0.39 is 0 Å². The monoisotopic (exact) mass is 456 g/mol. The molecule has 1 fully saturated rings. The lowest BCUT2D eigenvalue weighted by Crippen LogP contribution is -2.36. The summed E-state index contributed by atoms with van der Waals surface area (Å²) < 4.78 is 1.06. The molecule has 2 aliphatic rings. The van der Waals surface area contributed by atoms with Crippen LogP contribution in [0.1, 0.15) is 36.3 Å². The molecule has 1 aliphatic carbocycles. The summed E-state index contributed by atoms with van der Waals surface area (Å²) in [5.41, 5.74) is 1.91. The number of carbonyl (C=O) groups is 2. The maximum Gasteiger partial charge on any atom is 0.321 e. The molecule has 0 spiro atoms. The van der Waals surface area contributed by atoms with Gasteiger partial charge in [-0.2, -0.15) is 0 Å². The number of hydrogen-bond acceptors (Lipinski definition) is 7. The average Bonchev–Trinajstić information content (AvgIpc) is 3.46. The summed E-state index contributed by atoms with van der Waals surface area (Å²) >= 11 is 2.97. The van der Waals surface area contributed by atoms with Crippen LogP contribution in [0.15, 0.2) is 24.3 Å². The summed E-state index contributed by atoms with van der Waals surface area (Å²) in [6.45, 7) is 1.72. The average molecular weight is 457 g/mol. The van der Waals surface area contributed by atoms with Crippen molar-refractivity contribution < 1.29 is 9.59 Å². The highest BCUT2D eigenvalue weighted by atomic mass is 32.1. The van der Waals surface area contributed by atoms with Crippen LogP contribution in [0.3, 0.4) is 0 Å². The number of aromatic nitrogens is 2. The maximum atomic E-state index is 12.5. The van der Waals surface area contributed by atoms with E-state index in [2.05, 4.69) is 30.8 Å². The summed E-state index contributed by atoms with van der Waals surface area (Å²) in [7, 11) is 0. The molecule has 1 aliphatic heterocycles. The van der Waals surface area contributed by atoms with Crippen LogP contribution >= 0.6 is 22.7 Å². The minimum absolute atomic E-state index is 0.0682. The fraction of sp³-hybridized carbons (Fsp3) is 0.429. The highest BCUT2D eigenvalue weighted by molar-refractivity contribution is 7.22. The van der Waals surface area contributed by atoms with E-state index in [0.29, 0.717) is 23.4 Å². The van der Waals surface area contributed by atoms with Crippen molar-refractivity contribution in [2.24, 2.45) is 0 Å². The fourth-order valence-corrected chi connectivity index (χ4v) is 6.04.